The van der Waals surface area contributed by atoms with Crippen LogP contribution in [0.1, 0.15) is 12.5 Å². The molecule has 2 aliphatic heterocycles. The zero-order valence-electron chi connectivity index (χ0n) is 10.9. The second-order valence-corrected chi connectivity index (χ2v) is 5.12. The molecule has 0 saturated carbocycles. The van der Waals surface area contributed by atoms with E-state index in [2.05, 4.69) is 5.32 Å². The lowest BCUT2D eigenvalue weighted by Crippen LogP contribution is -2.55. The molecule has 2 aliphatic rings. The van der Waals surface area contributed by atoms with Crippen molar-refractivity contribution >= 4 is 5.91 Å². The minimum atomic E-state index is -0.576. The van der Waals surface area contributed by atoms with Crippen LogP contribution in [0, 0.1) is 5.82 Å². The summed E-state index contributed by atoms with van der Waals surface area (Å²) in [6.07, 6.45) is -0.116. The molecule has 0 spiro atoms. The lowest BCUT2D eigenvalue weighted by Gasteiger charge is -2.35. The van der Waals surface area contributed by atoms with Gasteiger partial charge in [-0.1, -0.05) is 12.1 Å². The standard InChI is InChI=1S/C14H17FN2O2/c1-9-8-16-5-6-17(9)14(18)12-7-10-3-2-4-11(15)13(10)19-12/h2-4,9,12,16H,5-8H2,1H3/t9-,12-/m1/s1. The number of fused-ring (bicyclic) bond motifs is 1. The SMILES string of the molecule is C[C@@H]1CNCCN1C(=O)[C@H]1Cc2cccc(F)c2O1. The normalized spacial score (nSPS) is 25.9. The van der Waals surface area contributed by atoms with Gasteiger partial charge in [0.15, 0.2) is 17.7 Å². The number of hydrogen-bond acceptors (Lipinski definition) is 3. The molecule has 1 aromatic rings. The summed E-state index contributed by atoms with van der Waals surface area (Å²) < 4.78 is 19.1. The van der Waals surface area contributed by atoms with E-state index in [9.17, 15) is 9.18 Å². The maximum absolute atomic E-state index is 13.6. The lowest BCUT2D eigenvalue weighted by atomic mass is 10.1. The quantitative estimate of drug-likeness (QED) is 0.821. The second kappa shape index (κ2) is 4.81. The Morgan fingerprint density at radius 3 is 3.11 bits per heavy atom. The number of piperazine rings is 1. The zero-order chi connectivity index (χ0) is 13.4. The summed E-state index contributed by atoms with van der Waals surface area (Å²) in [5.41, 5.74) is 0.779. The van der Waals surface area contributed by atoms with Gasteiger partial charge < -0.3 is 15.0 Å². The van der Waals surface area contributed by atoms with Crippen LogP contribution in [0.4, 0.5) is 4.39 Å². The maximum Gasteiger partial charge on any atom is 0.264 e. The highest BCUT2D eigenvalue weighted by molar-refractivity contribution is 5.83. The van der Waals surface area contributed by atoms with Crippen LogP contribution in [0.5, 0.6) is 5.75 Å². The molecular formula is C14H17FN2O2. The molecule has 0 bridgehead atoms. The van der Waals surface area contributed by atoms with Crippen molar-refractivity contribution in [1.82, 2.24) is 10.2 Å². The van der Waals surface area contributed by atoms with Gasteiger partial charge in [-0.2, -0.15) is 0 Å². The number of ether oxygens (including phenoxy) is 1. The van der Waals surface area contributed by atoms with Gasteiger partial charge in [-0.15, -0.1) is 0 Å². The van der Waals surface area contributed by atoms with E-state index in [-0.39, 0.29) is 23.5 Å². The van der Waals surface area contributed by atoms with Crippen molar-refractivity contribution in [3.63, 3.8) is 0 Å². The summed E-state index contributed by atoms with van der Waals surface area (Å²) in [6.45, 7) is 4.27. The van der Waals surface area contributed by atoms with Crippen LogP contribution < -0.4 is 10.1 Å². The fourth-order valence-corrected chi connectivity index (χ4v) is 2.72. The average Bonchev–Trinajstić information content (AvgIpc) is 2.84. The van der Waals surface area contributed by atoms with Gasteiger partial charge in [0.2, 0.25) is 0 Å². The molecule has 0 aliphatic carbocycles. The van der Waals surface area contributed by atoms with Gasteiger partial charge in [0.05, 0.1) is 0 Å². The van der Waals surface area contributed by atoms with Crippen LogP contribution in [0.15, 0.2) is 18.2 Å². The number of nitrogens with one attached hydrogen (secondary N) is 1. The van der Waals surface area contributed by atoms with Gasteiger partial charge in [-0.3, -0.25) is 4.79 Å². The second-order valence-electron chi connectivity index (χ2n) is 5.12. The van der Waals surface area contributed by atoms with E-state index < -0.39 is 6.10 Å². The highest BCUT2D eigenvalue weighted by Crippen LogP contribution is 2.32. The number of benzene rings is 1. The molecule has 0 radical (unpaired) electrons. The molecule has 1 saturated heterocycles. The van der Waals surface area contributed by atoms with Gasteiger partial charge in [-0.05, 0) is 13.0 Å². The zero-order valence-corrected chi connectivity index (χ0v) is 10.9. The fourth-order valence-electron chi connectivity index (χ4n) is 2.72. The van der Waals surface area contributed by atoms with E-state index in [1.807, 2.05) is 17.9 Å². The summed E-state index contributed by atoms with van der Waals surface area (Å²) in [5, 5.41) is 3.24. The maximum atomic E-state index is 13.6. The molecule has 1 aromatic carbocycles. The minimum absolute atomic E-state index is 0.0374. The number of hydrogen-bond donors (Lipinski definition) is 1. The van der Waals surface area contributed by atoms with Crippen molar-refractivity contribution < 1.29 is 13.9 Å². The molecule has 3 rings (SSSR count). The smallest absolute Gasteiger partial charge is 0.264 e. The molecule has 4 nitrogen and oxygen atoms in total. The van der Waals surface area contributed by atoms with Crippen molar-refractivity contribution in [1.29, 1.82) is 0 Å². The van der Waals surface area contributed by atoms with Crippen molar-refractivity contribution in [2.75, 3.05) is 19.6 Å². The van der Waals surface area contributed by atoms with Gasteiger partial charge in [0.1, 0.15) is 0 Å². The monoisotopic (exact) mass is 264 g/mol. The van der Waals surface area contributed by atoms with Gasteiger partial charge >= 0.3 is 0 Å². The first kappa shape index (κ1) is 12.4. The van der Waals surface area contributed by atoms with Gasteiger partial charge in [-0.25, -0.2) is 4.39 Å². The number of halogens is 1. The van der Waals surface area contributed by atoms with Crippen LogP contribution in [-0.2, 0) is 11.2 Å². The predicted octanol–water partition coefficient (Wildman–Crippen LogP) is 0.950. The average molecular weight is 264 g/mol. The minimum Gasteiger partial charge on any atom is -0.477 e. The highest BCUT2D eigenvalue weighted by atomic mass is 19.1. The molecule has 1 N–H and O–H groups in total. The van der Waals surface area contributed by atoms with E-state index in [0.717, 1.165) is 18.7 Å². The van der Waals surface area contributed by atoms with Gasteiger partial charge in [0, 0.05) is 37.7 Å². The Morgan fingerprint density at radius 1 is 1.53 bits per heavy atom. The molecule has 2 heterocycles. The summed E-state index contributed by atoms with van der Waals surface area (Å²) in [6, 6.07) is 4.97. The first-order valence-electron chi connectivity index (χ1n) is 6.62. The molecule has 19 heavy (non-hydrogen) atoms. The Morgan fingerprint density at radius 2 is 2.37 bits per heavy atom. The van der Waals surface area contributed by atoms with Crippen LogP contribution in [-0.4, -0.2) is 42.6 Å². The Labute approximate surface area is 111 Å². The number of para-hydroxylation sites is 1. The van der Waals surface area contributed by atoms with Crippen LogP contribution in [0.25, 0.3) is 0 Å². The highest BCUT2D eigenvalue weighted by Gasteiger charge is 2.36. The van der Waals surface area contributed by atoms with E-state index >= 15 is 0 Å². The van der Waals surface area contributed by atoms with Crippen molar-refractivity contribution in [2.24, 2.45) is 0 Å². The van der Waals surface area contributed by atoms with E-state index in [4.69, 9.17) is 4.74 Å². The number of carbonyl (C=O) groups is 1. The summed E-state index contributed by atoms with van der Waals surface area (Å²) in [4.78, 5) is 14.3. The first-order chi connectivity index (χ1) is 9.16. The first-order valence-corrected chi connectivity index (χ1v) is 6.62. The van der Waals surface area contributed by atoms with E-state index in [1.54, 1.807) is 6.07 Å². The molecule has 1 fully saturated rings. The third-order valence-electron chi connectivity index (χ3n) is 3.77. The van der Waals surface area contributed by atoms with E-state index in [1.165, 1.54) is 6.07 Å². The summed E-state index contributed by atoms with van der Waals surface area (Å²) in [7, 11) is 0. The topological polar surface area (TPSA) is 41.6 Å². The molecule has 5 heteroatoms. The lowest BCUT2D eigenvalue weighted by molar-refractivity contribution is -0.140. The Balaban J connectivity index is 1.75. The Bertz CT molecular complexity index is 506. The van der Waals surface area contributed by atoms with Crippen molar-refractivity contribution in [3.05, 3.63) is 29.6 Å². The predicted molar refractivity (Wildman–Crippen MR) is 68.6 cm³/mol. The number of amides is 1. The number of carbonyl (C=O) groups excluding carboxylic acids is 1. The number of rotatable bonds is 1. The molecule has 0 aromatic heterocycles. The molecule has 2 atom stereocenters. The molecule has 102 valence electrons. The Kier molecular flexibility index (Phi) is 3.14. The van der Waals surface area contributed by atoms with Gasteiger partial charge in [0.25, 0.3) is 5.91 Å². The summed E-state index contributed by atoms with van der Waals surface area (Å²) in [5.74, 6) is -0.186. The molecule has 0 unspecified atom stereocenters. The Hall–Kier alpha value is -1.62. The third kappa shape index (κ3) is 2.18. The van der Waals surface area contributed by atoms with Crippen LogP contribution in [0.2, 0.25) is 0 Å². The van der Waals surface area contributed by atoms with Crippen LogP contribution in [0.3, 0.4) is 0 Å². The largest absolute Gasteiger partial charge is 0.477 e. The van der Waals surface area contributed by atoms with Crippen molar-refractivity contribution in [2.45, 2.75) is 25.5 Å². The van der Waals surface area contributed by atoms with Crippen LogP contribution >= 0.6 is 0 Å². The van der Waals surface area contributed by atoms with Crippen molar-refractivity contribution in [3.8, 4) is 5.75 Å². The summed E-state index contributed by atoms with van der Waals surface area (Å²) >= 11 is 0. The molecular weight excluding hydrogens is 247 g/mol. The van der Waals surface area contributed by atoms with E-state index in [0.29, 0.717) is 13.0 Å². The third-order valence-corrected chi connectivity index (χ3v) is 3.77. The molecule has 1 amide bonds. The number of nitrogens with zero attached hydrogens (tertiary/aromatic N) is 1. The fraction of sp³-hybridized carbons (Fsp3) is 0.500.